The average molecular weight is 706 g/mol. The van der Waals surface area contributed by atoms with Crippen LogP contribution in [-0.2, 0) is 30.2 Å². The van der Waals surface area contributed by atoms with Crippen LogP contribution in [0.4, 0.5) is 4.79 Å². The summed E-state index contributed by atoms with van der Waals surface area (Å²) in [5.74, 6) is -0.435. The van der Waals surface area contributed by atoms with Crippen LogP contribution in [0, 0.1) is 23.2 Å². The van der Waals surface area contributed by atoms with Gasteiger partial charge in [-0.15, -0.1) is 0 Å². The molecule has 8 rings (SSSR count). The second-order valence-electron chi connectivity index (χ2n) is 16.3. The minimum atomic E-state index is -1.04. The first-order valence-electron chi connectivity index (χ1n) is 19.0. The summed E-state index contributed by atoms with van der Waals surface area (Å²) in [4.78, 5) is 44.3. The Kier molecular flexibility index (Phi) is 10.2. The van der Waals surface area contributed by atoms with Gasteiger partial charge in [-0.05, 0) is 72.5 Å². The van der Waals surface area contributed by atoms with Gasteiger partial charge in [-0.25, -0.2) is 4.79 Å². The van der Waals surface area contributed by atoms with Gasteiger partial charge in [0.15, 0.2) is 0 Å². The van der Waals surface area contributed by atoms with E-state index in [0.717, 1.165) is 29.5 Å². The number of hydrogen-bond donors (Lipinski definition) is 2. The predicted molar refractivity (Wildman–Crippen MR) is 200 cm³/mol. The van der Waals surface area contributed by atoms with Crippen LogP contribution in [0.5, 0.6) is 0 Å². The largest absolute Gasteiger partial charge is 0.481 e. The highest BCUT2D eigenvalue weighted by molar-refractivity contribution is 6.48. The van der Waals surface area contributed by atoms with Gasteiger partial charge < -0.3 is 29.6 Å². The highest BCUT2D eigenvalue weighted by Gasteiger charge is 2.68. The van der Waals surface area contributed by atoms with Crippen molar-refractivity contribution >= 4 is 25.0 Å². The molecule has 9 nitrogen and oxygen atoms in total. The first kappa shape index (κ1) is 36.2. The molecule has 3 saturated carbocycles. The SMILES string of the molecule is CC(C)C(NC(=O)[C@@H]1CCCN1C(=O)[C@@H](NC(=O)OCc1ccccc1)C(c1ccccc1)c1ccccc1)B1O[C@@H]2CC3CC(C3(C)C)[C@]2(C)O1. The molecule has 2 heterocycles. The van der Waals surface area contributed by atoms with Gasteiger partial charge in [0, 0.05) is 12.5 Å². The molecule has 10 heteroatoms. The number of ether oxygens (including phenoxy) is 1. The number of benzene rings is 3. The second kappa shape index (κ2) is 14.7. The zero-order valence-electron chi connectivity index (χ0n) is 31.0. The van der Waals surface area contributed by atoms with E-state index in [0.29, 0.717) is 31.2 Å². The topological polar surface area (TPSA) is 106 Å². The van der Waals surface area contributed by atoms with E-state index in [1.165, 1.54) is 0 Å². The fourth-order valence-corrected chi connectivity index (χ4v) is 9.42. The number of hydrogen-bond acceptors (Lipinski definition) is 6. The van der Waals surface area contributed by atoms with E-state index in [2.05, 4.69) is 45.3 Å². The summed E-state index contributed by atoms with van der Waals surface area (Å²) in [6.07, 6.45) is 2.59. The fourth-order valence-electron chi connectivity index (χ4n) is 9.42. The smallest absolute Gasteiger partial charge is 0.445 e. The molecule has 3 amide bonds. The lowest BCUT2D eigenvalue weighted by atomic mass is 9.43. The number of rotatable bonds is 11. The highest BCUT2D eigenvalue weighted by atomic mass is 16.7. The number of carbonyl (C=O) groups is 3. The van der Waals surface area contributed by atoms with E-state index in [1.54, 1.807) is 4.90 Å². The van der Waals surface area contributed by atoms with Crippen LogP contribution in [-0.4, -0.2) is 66.2 Å². The second-order valence-corrected chi connectivity index (χ2v) is 16.3. The van der Waals surface area contributed by atoms with Crippen LogP contribution in [0.3, 0.4) is 0 Å². The summed E-state index contributed by atoms with van der Waals surface area (Å²) in [5, 5.41) is 6.22. The summed E-state index contributed by atoms with van der Waals surface area (Å²) < 4.78 is 19.0. The zero-order valence-corrected chi connectivity index (χ0v) is 31.0. The Bertz CT molecular complexity index is 1690. The van der Waals surface area contributed by atoms with Crippen LogP contribution in [0.1, 0.15) is 82.9 Å². The van der Waals surface area contributed by atoms with Crippen LogP contribution in [0.2, 0.25) is 0 Å². The van der Waals surface area contributed by atoms with Gasteiger partial charge in [0.2, 0.25) is 11.8 Å². The third-order valence-corrected chi connectivity index (χ3v) is 12.5. The molecule has 5 fully saturated rings. The van der Waals surface area contributed by atoms with Crippen LogP contribution in [0.15, 0.2) is 91.0 Å². The van der Waals surface area contributed by atoms with E-state index in [-0.39, 0.29) is 35.9 Å². The number of alkyl carbamates (subject to hydrolysis) is 1. The number of amides is 3. The summed E-state index contributed by atoms with van der Waals surface area (Å²) in [5.41, 5.74) is 2.38. The molecule has 3 unspecified atom stereocenters. The Labute approximate surface area is 308 Å². The lowest BCUT2D eigenvalue weighted by Gasteiger charge is -2.64. The maximum absolute atomic E-state index is 14.9. The van der Waals surface area contributed by atoms with Gasteiger partial charge >= 0.3 is 13.2 Å². The summed E-state index contributed by atoms with van der Waals surface area (Å²) in [7, 11) is -0.575. The minimum Gasteiger partial charge on any atom is -0.445 e. The number of carbonyl (C=O) groups excluding carboxylic acids is 3. The van der Waals surface area contributed by atoms with Crippen molar-refractivity contribution in [3.63, 3.8) is 0 Å². The quantitative estimate of drug-likeness (QED) is 0.221. The molecule has 3 aromatic carbocycles. The summed E-state index contributed by atoms with van der Waals surface area (Å²) in [6.45, 7) is 11.4. The van der Waals surface area contributed by atoms with Gasteiger partial charge in [0.1, 0.15) is 18.7 Å². The molecule has 274 valence electrons. The van der Waals surface area contributed by atoms with Crippen molar-refractivity contribution in [2.75, 3.05) is 6.54 Å². The predicted octanol–water partition coefficient (Wildman–Crippen LogP) is 6.51. The average Bonchev–Trinajstić information content (AvgIpc) is 3.78. The third kappa shape index (κ3) is 6.87. The van der Waals surface area contributed by atoms with Gasteiger partial charge in [0.05, 0.1) is 17.6 Å². The first-order chi connectivity index (χ1) is 25.0. The molecule has 2 aliphatic heterocycles. The van der Waals surface area contributed by atoms with Crippen LogP contribution in [0.25, 0.3) is 0 Å². The number of nitrogens with one attached hydrogen (secondary N) is 2. The van der Waals surface area contributed by atoms with Gasteiger partial charge in [-0.2, -0.15) is 0 Å². The molecule has 3 aromatic rings. The minimum absolute atomic E-state index is 0.00151. The molecule has 2 bridgehead atoms. The molecule has 0 spiro atoms. The van der Waals surface area contributed by atoms with Crippen molar-refractivity contribution in [2.45, 2.75) is 103 Å². The maximum atomic E-state index is 14.9. The normalized spacial score (nSPS) is 27.1. The van der Waals surface area contributed by atoms with Crippen molar-refractivity contribution in [3.05, 3.63) is 108 Å². The Morgan fingerprint density at radius 3 is 2.10 bits per heavy atom. The van der Waals surface area contributed by atoms with Crippen molar-refractivity contribution in [2.24, 2.45) is 23.2 Å². The molecule has 5 aliphatic rings. The summed E-state index contributed by atoms with van der Waals surface area (Å²) >= 11 is 0. The Morgan fingerprint density at radius 1 is 0.885 bits per heavy atom. The molecule has 2 saturated heterocycles. The highest BCUT2D eigenvalue weighted by Crippen LogP contribution is 2.65. The van der Waals surface area contributed by atoms with Crippen LogP contribution < -0.4 is 10.6 Å². The van der Waals surface area contributed by atoms with E-state index < -0.39 is 42.8 Å². The molecular weight excluding hydrogens is 653 g/mol. The molecule has 0 aromatic heterocycles. The Morgan fingerprint density at radius 2 is 1.50 bits per heavy atom. The molecule has 2 N–H and O–H groups in total. The van der Waals surface area contributed by atoms with Gasteiger partial charge in [-0.1, -0.05) is 119 Å². The molecule has 52 heavy (non-hydrogen) atoms. The Balaban J connectivity index is 1.12. The lowest BCUT2D eigenvalue weighted by Crippen LogP contribution is -2.65. The number of nitrogens with zero attached hydrogens (tertiary/aromatic N) is 1. The zero-order chi connectivity index (χ0) is 36.6. The van der Waals surface area contributed by atoms with Crippen LogP contribution >= 0.6 is 0 Å². The monoisotopic (exact) mass is 705 g/mol. The van der Waals surface area contributed by atoms with E-state index in [1.807, 2.05) is 91.0 Å². The maximum Gasteiger partial charge on any atom is 0.481 e. The number of likely N-dealkylation sites (tertiary alicyclic amines) is 1. The van der Waals surface area contributed by atoms with E-state index in [9.17, 15) is 14.4 Å². The molecule has 0 radical (unpaired) electrons. The van der Waals surface area contributed by atoms with Crippen molar-refractivity contribution in [1.29, 1.82) is 0 Å². The van der Waals surface area contributed by atoms with E-state index in [4.69, 9.17) is 14.0 Å². The third-order valence-electron chi connectivity index (χ3n) is 12.5. The lowest BCUT2D eigenvalue weighted by molar-refractivity contribution is -0.199. The molecule has 7 atom stereocenters. The fraction of sp³-hybridized carbons (Fsp3) is 0.500. The Hall–Kier alpha value is -4.15. The van der Waals surface area contributed by atoms with Gasteiger partial charge in [0.25, 0.3) is 0 Å². The summed E-state index contributed by atoms with van der Waals surface area (Å²) in [6, 6.07) is 27.0. The first-order valence-corrected chi connectivity index (χ1v) is 19.0. The van der Waals surface area contributed by atoms with Gasteiger partial charge in [-0.3, -0.25) is 9.59 Å². The van der Waals surface area contributed by atoms with Crippen molar-refractivity contribution in [1.82, 2.24) is 15.5 Å². The molecule has 3 aliphatic carbocycles. The molecular formula is C42H52BN3O6. The van der Waals surface area contributed by atoms with Crippen molar-refractivity contribution in [3.8, 4) is 0 Å². The van der Waals surface area contributed by atoms with E-state index >= 15 is 0 Å². The standard InChI is InChI=1S/C42H52BN3O6/c1-27(2)37(43-51-34-25-31-24-33(41(31,3)4)42(34,5)52-43)45-38(47)32-22-15-23-46(32)39(48)36(44-40(49)50-26-28-16-9-6-10-17-28)35(29-18-11-7-12-19-29)30-20-13-8-14-21-30/h6-14,16-21,27,31-37H,15,22-26H2,1-5H3,(H,44,49)(H,45,47)/t31?,32-,33?,34+,36-,37?,42-/m0/s1. The van der Waals surface area contributed by atoms with Crippen molar-refractivity contribution < 1.29 is 28.4 Å².